The number of amides is 3. The van der Waals surface area contributed by atoms with E-state index in [0.29, 0.717) is 6.42 Å². The maximum Gasteiger partial charge on any atom is 0.269 e. The molecule has 9 heteroatoms. The third kappa shape index (κ3) is 7.03. The first-order chi connectivity index (χ1) is 19.6. The molecular formula is C32H37N3O5S. The second-order valence-corrected chi connectivity index (χ2v) is 12.3. The highest BCUT2D eigenvalue weighted by Gasteiger charge is 2.40. The average Bonchev–Trinajstić information content (AvgIpc) is 3.16. The number of aryl methyl sites for hydroxylation is 1. The summed E-state index contributed by atoms with van der Waals surface area (Å²) in [5, 5.41) is 3.04. The predicted molar refractivity (Wildman–Crippen MR) is 157 cm³/mol. The molecule has 1 aliphatic rings. The predicted octanol–water partition coefficient (Wildman–Crippen LogP) is 4.47. The van der Waals surface area contributed by atoms with Gasteiger partial charge in [-0.15, -0.1) is 0 Å². The molecule has 0 bridgehead atoms. The van der Waals surface area contributed by atoms with Crippen molar-refractivity contribution in [3.63, 3.8) is 0 Å². The molecule has 0 spiro atoms. The zero-order valence-electron chi connectivity index (χ0n) is 23.7. The van der Waals surface area contributed by atoms with Gasteiger partial charge >= 0.3 is 0 Å². The van der Waals surface area contributed by atoms with Gasteiger partial charge in [0.05, 0.1) is 5.56 Å². The van der Waals surface area contributed by atoms with Crippen LogP contribution in [-0.4, -0.2) is 54.0 Å². The Bertz CT molecular complexity index is 1490. The second kappa shape index (κ2) is 13.1. The number of nitrogens with zero attached hydrogens (tertiary/aromatic N) is 2. The minimum atomic E-state index is -3.96. The molecule has 0 radical (unpaired) electrons. The summed E-state index contributed by atoms with van der Waals surface area (Å²) in [7, 11) is -3.96. The van der Waals surface area contributed by atoms with Gasteiger partial charge in [0.25, 0.3) is 15.9 Å². The minimum Gasteiger partial charge on any atom is -0.352 e. The molecule has 0 unspecified atom stereocenters. The summed E-state index contributed by atoms with van der Waals surface area (Å²) in [6.45, 7) is 5.99. The van der Waals surface area contributed by atoms with Crippen LogP contribution in [0.1, 0.15) is 60.2 Å². The van der Waals surface area contributed by atoms with Crippen molar-refractivity contribution >= 4 is 27.7 Å². The minimum absolute atomic E-state index is 0.0121. The van der Waals surface area contributed by atoms with Crippen LogP contribution in [0.2, 0.25) is 0 Å². The van der Waals surface area contributed by atoms with Crippen molar-refractivity contribution < 1.29 is 22.8 Å². The Morgan fingerprint density at radius 1 is 0.927 bits per heavy atom. The molecule has 3 aromatic rings. The number of sulfonamides is 1. The maximum atomic E-state index is 13.8. The molecule has 216 valence electrons. The topological polar surface area (TPSA) is 104 Å². The van der Waals surface area contributed by atoms with Crippen molar-refractivity contribution in [1.29, 1.82) is 0 Å². The molecule has 0 saturated carbocycles. The van der Waals surface area contributed by atoms with Gasteiger partial charge in [0.15, 0.2) is 0 Å². The summed E-state index contributed by atoms with van der Waals surface area (Å²) >= 11 is 0. The lowest BCUT2D eigenvalue weighted by molar-refractivity contribution is -0.141. The lowest BCUT2D eigenvalue weighted by Gasteiger charge is -2.32. The van der Waals surface area contributed by atoms with Gasteiger partial charge in [0.2, 0.25) is 11.8 Å². The van der Waals surface area contributed by atoms with E-state index in [1.54, 1.807) is 17.0 Å². The summed E-state index contributed by atoms with van der Waals surface area (Å²) in [5.41, 5.74) is 3.03. The average molecular weight is 576 g/mol. The Morgan fingerprint density at radius 2 is 1.59 bits per heavy atom. The standard InChI is InChI=1S/C32H37N3O5S/c1-4-24(3)33-31(37)28(21-25-11-6-5-7-12-25)34(22-26-18-16-23(2)17-19-26)30(36)15-10-20-35-32(38)27-13-8-9-14-29(27)41(35,39)40/h5-9,11-14,16-19,24,28H,4,10,15,20-22H2,1-3H3,(H,33,37)/t24-,28+/m1/s1. The number of hydrogen-bond acceptors (Lipinski definition) is 5. The lowest BCUT2D eigenvalue weighted by Crippen LogP contribution is -2.52. The van der Waals surface area contributed by atoms with Crippen molar-refractivity contribution in [3.05, 3.63) is 101 Å². The van der Waals surface area contributed by atoms with Crippen LogP contribution in [0.5, 0.6) is 0 Å². The summed E-state index contributed by atoms with van der Waals surface area (Å²) in [4.78, 5) is 41.8. The number of benzene rings is 3. The van der Waals surface area contributed by atoms with E-state index in [1.165, 1.54) is 12.1 Å². The first-order valence-corrected chi connectivity index (χ1v) is 15.4. The number of nitrogens with one attached hydrogen (secondary N) is 1. The SMILES string of the molecule is CC[C@@H](C)NC(=O)[C@H](Cc1ccccc1)N(Cc1ccc(C)cc1)C(=O)CCCN1C(=O)c2ccccc2S1(=O)=O. The van der Waals surface area contributed by atoms with Crippen molar-refractivity contribution in [3.8, 4) is 0 Å². The van der Waals surface area contributed by atoms with E-state index in [-0.39, 0.29) is 54.2 Å². The van der Waals surface area contributed by atoms with Crippen LogP contribution in [0.3, 0.4) is 0 Å². The molecule has 2 atom stereocenters. The van der Waals surface area contributed by atoms with Crippen LogP contribution in [0.25, 0.3) is 0 Å². The lowest BCUT2D eigenvalue weighted by atomic mass is 10.0. The van der Waals surface area contributed by atoms with Gasteiger partial charge in [0, 0.05) is 32.0 Å². The summed E-state index contributed by atoms with van der Waals surface area (Å²) in [5.74, 6) is -1.11. The normalized spacial score (nSPS) is 15.2. The zero-order valence-corrected chi connectivity index (χ0v) is 24.6. The Balaban J connectivity index is 1.57. The number of rotatable bonds is 12. The van der Waals surface area contributed by atoms with Crippen molar-refractivity contribution in [2.75, 3.05) is 6.54 Å². The van der Waals surface area contributed by atoms with E-state index in [9.17, 15) is 22.8 Å². The third-order valence-corrected chi connectivity index (χ3v) is 9.25. The molecule has 3 aromatic carbocycles. The number of carbonyl (C=O) groups is 3. The zero-order chi connectivity index (χ0) is 29.6. The van der Waals surface area contributed by atoms with Crippen LogP contribution in [0.15, 0.2) is 83.8 Å². The Labute approximate surface area is 242 Å². The third-order valence-electron chi connectivity index (χ3n) is 7.41. The fraction of sp³-hybridized carbons (Fsp3) is 0.344. The van der Waals surface area contributed by atoms with Crippen molar-refractivity contribution in [2.45, 2.75) is 70.0 Å². The molecule has 3 amide bonds. The number of carbonyl (C=O) groups excluding carboxylic acids is 3. The highest BCUT2D eigenvalue weighted by Crippen LogP contribution is 2.30. The van der Waals surface area contributed by atoms with Crippen molar-refractivity contribution in [1.82, 2.24) is 14.5 Å². The summed E-state index contributed by atoms with van der Waals surface area (Å²) < 4.78 is 26.8. The highest BCUT2D eigenvalue weighted by molar-refractivity contribution is 7.90. The van der Waals surface area contributed by atoms with E-state index >= 15 is 0 Å². The molecule has 1 aliphatic heterocycles. The van der Waals surface area contributed by atoms with E-state index < -0.39 is 22.0 Å². The smallest absolute Gasteiger partial charge is 0.269 e. The molecule has 0 aliphatic carbocycles. The van der Waals surface area contributed by atoms with Crippen LogP contribution in [0, 0.1) is 6.92 Å². The maximum absolute atomic E-state index is 13.8. The van der Waals surface area contributed by atoms with Gasteiger partial charge in [-0.1, -0.05) is 79.2 Å². The van der Waals surface area contributed by atoms with Gasteiger partial charge in [0.1, 0.15) is 10.9 Å². The molecule has 41 heavy (non-hydrogen) atoms. The van der Waals surface area contributed by atoms with Gasteiger partial charge in [-0.2, -0.15) is 0 Å². The Kier molecular flexibility index (Phi) is 9.60. The summed E-state index contributed by atoms with van der Waals surface area (Å²) in [6.07, 6.45) is 1.18. The summed E-state index contributed by atoms with van der Waals surface area (Å²) in [6, 6.07) is 22.6. The molecular weight excluding hydrogens is 538 g/mol. The molecule has 1 heterocycles. The molecule has 8 nitrogen and oxygen atoms in total. The molecule has 1 N–H and O–H groups in total. The highest BCUT2D eigenvalue weighted by atomic mass is 32.2. The van der Waals surface area contributed by atoms with Crippen LogP contribution in [0.4, 0.5) is 0 Å². The van der Waals surface area contributed by atoms with Crippen LogP contribution >= 0.6 is 0 Å². The Morgan fingerprint density at radius 3 is 2.24 bits per heavy atom. The molecule has 4 rings (SSSR count). The first kappa shape index (κ1) is 30.0. The fourth-order valence-electron chi connectivity index (χ4n) is 4.85. The van der Waals surface area contributed by atoms with Gasteiger partial charge < -0.3 is 10.2 Å². The van der Waals surface area contributed by atoms with E-state index in [2.05, 4.69) is 5.32 Å². The quantitative estimate of drug-likeness (QED) is 0.343. The van der Waals surface area contributed by atoms with E-state index in [0.717, 1.165) is 27.4 Å². The van der Waals surface area contributed by atoms with Crippen LogP contribution < -0.4 is 5.32 Å². The number of hydrogen-bond donors (Lipinski definition) is 1. The van der Waals surface area contributed by atoms with Gasteiger partial charge in [-0.05, 0) is 49.9 Å². The fourth-order valence-corrected chi connectivity index (χ4v) is 6.46. The number of fused-ring (bicyclic) bond motifs is 1. The monoisotopic (exact) mass is 575 g/mol. The van der Waals surface area contributed by atoms with Gasteiger partial charge in [-0.3, -0.25) is 14.4 Å². The first-order valence-electron chi connectivity index (χ1n) is 14.0. The largest absolute Gasteiger partial charge is 0.352 e. The molecule has 0 aromatic heterocycles. The van der Waals surface area contributed by atoms with E-state index in [4.69, 9.17) is 0 Å². The van der Waals surface area contributed by atoms with Crippen molar-refractivity contribution in [2.24, 2.45) is 0 Å². The Hall–Kier alpha value is -3.98. The van der Waals surface area contributed by atoms with E-state index in [1.807, 2.05) is 75.4 Å². The molecule has 0 saturated heterocycles. The molecule has 0 fully saturated rings. The van der Waals surface area contributed by atoms with Gasteiger partial charge in [-0.25, -0.2) is 12.7 Å². The second-order valence-electron chi connectivity index (χ2n) is 10.5. The van der Waals surface area contributed by atoms with Crippen LogP contribution in [-0.2, 0) is 32.6 Å².